The Morgan fingerprint density at radius 1 is 1.12 bits per heavy atom. The van der Waals surface area contributed by atoms with Crippen molar-refractivity contribution in [2.75, 3.05) is 46.9 Å². The van der Waals surface area contributed by atoms with Gasteiger partial charge in [0.25, 0.3) is 0 Å². The molecule has 4 heteroatoms. The Bertz CT molecular complexity index is 212. The van der Waals surface area contributed by atoms with E-state index in [4.69, 9.17) is 25.4 Å². The maximum absolute atomic E-state index is 5.50. The summed E-state index contributed by atoms with van der Waals surface area (Å²) in [6.45, 7) is 7.25. The van der Waals surface area contributed by atoms with E-state index < -0.39 is 0 Å². The number of terminal acetylenes is 1. The highest BCUT2D eigenvalue weighted by atomic mass is 16.7. The highest BCUT2D eigenvalue weighted by molar-refractivity contribution is 5.03. The first-order valence-corrected chi connectivity index (χ1v) is 5.88. The van der Waals surface area contributed by atoms with E-state index in [1.165, 1.54) is 0 Å². The Morgan fingerprint density at radius 2 is 1.82 bits per heavy atom. The molecule has 0 aliphatic heterocycles. The van der Waals surface area contributed by atoms with Crippen LogP contribution in [0.5, 0.6) is 0 Å². The molecule has 0 spiro atoms. The van der Waals surface area contributed by atoms with E-state index in [2.05, 4.69) is 5.92 Å². The number of methoxy groups -OCH3 is 1. The molecule has 17 heavy (non-hydrogen) atoms. The molecular weight excluding hydrogens is 220 g/mol. The molecule has 0 aromatic rings. The fraction of sp³-hybridized carbons (Fsp3) is 0.846. The fourth-order valence-corrected chi connectivity index (χ4v) is 1.20. The number of hydrogen-bond donors (Lipinski definition) is 0. The molecule has 0 amide bonds. The third-order valence-electron chi connectivity index (χ3n) is 2.34. The van der Waals surface area contributed by atoms with Crippen LogP contribution in [0.4, 0.5) is 0 Å². The van der Waals surface area contributed by atoms with Gasteiger partial charge in [0.15, 0.2) is 0 Å². The lowest BCUT2D eigenvalue weighted by molar-refractivity contribution is -0.0564. The predicted molar refractivity (Wildman–Crippen MR) is 66.7 cm³/mol. The zero-order chi connectivity index (χ0) is 13.0. The maximum Gasteiger partial charge on any atom is 0.146 e. The van der Waals surface area contributed by atoms with Crippen LogP contribution in [-0.4, -0.2) is 46.9 Å². The molecule has 0 aliphatic rings. The number of rotatable bonds is 11. The van der Waals surface area contributed by atoms with Crippen LogP contribution in [0.25, 0.3) is 0 Å². The van der Waals surface area contributed by atoms with Crippen LogP contribution >= 0.6 is 0 Å². The molecule has 4 nitrogen and oxygen atoms in total. The lowest BCUT2D eigenvalue weighted by atomic mass is 9.89. The first kappa shape index (κ1) is 16.4. The van der Waals surface area contributed by atoms with Gasteiger partial charge in [-0.25, -0.2) is 0 Å². The summed E-state index contributed by atoms with van der Waals surface area (Å²) in [4.78, 5) is 0. The Balaban J connectivity index is 3.62. The summed E-state index contributed by atoms with van der Waals surface area (Å²) >= 11 is 0. The van der Waals surface area contributed by atoms with E-state index in [0.717, 1.165) is 13.0 Å². The standard InChI is InChI=1S/C13H24O4/c1-5-13(3,11-17-12-14-4)7-8-16-10-9-15-6-2/h1H,6-12H2,2-4H3/t13-/m1/s1. The van der Waals surface area contributed by atoms with E-state index in [0.29, 0.717) is 26.4 Å². The molecule has 0 rings (SSSR count). The quantitative estimate of drug-likeness (QED) is 0.315. The molecule has 0 fully saturated rings. The topological polar surface area (TPSA) is 36.9 Å². The minimum Gasteiger partial charge on any atom is -0.379 e. The third kappa shape index (κ3) is 9.13. The minimum atomic E-state index is -0.301. The second-order valence-corrected chi connectivity index (χ2v) is 4.02. The number of ether oxygens (including phenoxy) is 4. The highest BCUT2D eigenvalue weighted by Gasteiger charge is 2.21. The summed E-state index contributed by atoms with van der Waals surface area (Å²) in [5.74, 6) is 2.75. The SMILES string of the molecule is C#C[C@](C)(CCOCCOCC)COCOC. The summed E-state index contributed by atoms with van der Waals surface area (Å²) in [6, 6.07) is 0. The first-order chi connectivity index (χ1) is 8.18. The van der Waals surface area contributed by atoms with Crippen LogP contribution < -0.4 is 0 Å². The van der Waals surface area contributed by atoms with Gasteiger partial charge in [-0.1, -0.05) is 5.92 Å². The van der Waals surface area contributed by atoms with Gasteiger partial charge in [0, 0.05) is 20.3 Å². The summed E-state index contributed by atoms with van der Waals surface area (Å²) in [5, 5.41) is 0. The van der Waals surface area contributed by atoms with Gasteiger partial charge >= 0.3 is 0 Å². The average molecular weight is 244 g/mol. The Kier molecular flexibility index (Phi) is 10.2. The molecule has 0 aromatic heterocycles. The largest absolute Gasteiger partial charge is 0.379 e. The number of hydrogen-bond acceptors (Lipinski definition) is 4. The lowest BCUT2D eigenvalue weighted by Crippen LogP contribution is -2.24. The van der Waals surface area contributed by atoms with Gasteiger partial charge in [-0.3, -0.25) is 0 Å². The van der Waals surface area contributed by atoms with E-state index in [-0.39, 0.29) is 12.2 Å². The van der Waals surface area contributed by atoms with Crippen molar-refractivity contribution in [1.82, 2.24) is 0 Å². The van der Waals surface area contributed by atoms with Gasteiger partial charge < -0.3 is 18.9 Å². The summed E-state index contributed by atoms with van der Waals surface area (Å²) in [7, 11) is 1.59. The molecule has 0 saturated heterocycles. The lowest BCUT2D eigenvalue weighted by Gasteiger charge is -2.23. The molecule has 0 N–H and O–H groups in total. The molecule has 0 unspecified atom stereocenters. The minimum absolute atomic E-state index is 0.266. The van der Waals surface area contributed by atoms with Gasteiger partial charge in [0.1, 0.15) is 6.79 Å². The van der Waals surface area contributed by atoms with Crippen molar-refractivity contribution in [2.45, 2.75) is 20.3 Å². The zero-order valence-corrected chi connectivity index (χ0v) is 11.2. The predicted octanol–water partition coefficient (Wildman–Crippen LogP) is 1.69. The van der Waals surface area contributed by atoms with Gasteiger partial charge in [0.2, 0.25) is 0 Å². The third-order valence-corrected chi connectivity index (χ3v) is 2.34. The monoisotopic (exact) mass is 244 g/mol. The molecular formula is C13H24O4. The van der Waals surface area contributed by atoms with Crippen molar-refractivity contribution in [3.63, 3.8) is 0 Å². The van der Waals surface area contributed by atoms with Crippen LogP contribution in [0.2, 0.25) is 0 Å². The van der Waals surface area contributed by atoms with Crippen molar-refractivity contribution in [2.24, 2.45) is 5.41 Å². The molecule has 0 aromatic carbocycles. The van der Waals surface area contributed by atoms with Gasteiger partial charge in [0.05, 0.1) is 25.2 Å². The summed E-state index contributed by atoms with van der Waals surface area (Å²) in [5.41, 5.74) is -0.301. The first-order valence-electron chi connectivity index (χ1n) is 5.88. The van der Waals surface area contributed by atoms with E-state index in [1.807, 2.05) is 13.8 Å². The van der Waals surface area contributed by atoms with Crippen molar-refractivity contribution in [1.29, 1.82) is 0 Å². The molecule has 1 atom stereocenters. The smallest absolute Gasteiger partial charge is 0.146 e. The van der Waals surface area contributed by atoms with Crippen molar-refractivity contribution >= 4 is 0 Å². The molecule has 0 bridgehead atoms. The van der Waals surface area contributed by atoms with Gasteiger partial charge in [-0.15, -0.1) is 6.42 Å². The fourth-order valence-electron chi connectivity index (χ4n) is 1.20. The van der Waals surface area contributed by atoms with Crippen LogP contribution in [0.1, 0.15) is 20.3 Å². The molecule has 0 radical (unpaired) electrons. The Hall–Kier alpha value is -0.600. The van der Waals surface area contributed by atoms with E-state index in [1.54, 1.807) is 7.11 Å². The zero-order valence-electron chi connectivity index (χ0n) is 11.2. The van der Waals surface area contributed by atoms with Crippen molar-refractivity contribution in [3.05, 3.63) is 0 Å². The Morgan fingerprint density at radius 3 is 2.41 bits per heavy atom. The van der Waals surface area contributed by atoms with Crippen molar-refractivity contribution in [3.8, 4) is 12.3 Å². The second-order valence-electron chi connectivity index (χ2n) is 4.02. The Labute approximate surface area is 105 Å². The average Bonchev–Trinajstić information content (AvgIpc) is 2.34. The highest BCUT2D eigenvalue weighted by Crippen LogP contribution is 2.20. The van der Waals surface area contributed by atoms with Crippen LogP contribution in [-0.2, 0) is 18.9 Å². The van der Waals surface area contributed by atoms with Gasteiger partial charge in [-0.2, -0.15) is 0 Å². The second kappa shape index (κ2) is 10.5. The maximum atomic E-state index is 5.50. The van der Waals surface area contributed by atoms with Gasteiger partial charge in [-0.05, 0) is 20.3 Å². The van der Waals surface area contributed by atoms with Crippen LogP contribution in [0.3, 0.4) is 0 Å². The normalized spacial score (nSPS) is 14.2. The van der Waals surface area contributed by atoms with E-state index >= 15 is 0 Å². The molecule has 100 valence electrons. The molecule has 0 heterocycles. The van der Waals surface area contributed by atoms with Crippen LogP contribution in [0.15, 0.2) is 0 Å². The molecule has 0 saturated carbocycles. The summed E-state index contributed by atoms with van der Waals surface area (Å²) < 4.78 is 20.7. The van der Waals surface area contributed by atoms with Crippen molar-refractivity contribution < 1.29 is 18.9 Å². The molecule has 0 aliphatic carbocycles. The van der Waals surface area contributed by atoms with Crippen LogP contribution in [0, 0.1) is 17.8 Å². The summed E-state index contributed by atoms with van der Waals surface area (Å²) in [6.07, 6.45) is 6.26. The van der Waals surface area contributed by atoms with E-state index in [9.17, 15) is 0 Å².